The van der Waals surface area contributed by atoms with Crippen LogP contribution in [0, 0.1) is 13.8 Å². The largest absolute Gasteiger partial charge is 0.378 e. The lowest BCUT2D eigenvalue weighted by molar-refractivity contribution is 0.0950. The molecule has 0 fully saturated rings. The van der Waals surface area contributed by atoms with Crippen molar-refractivity contribution in [2.24, 2.45) is 0 Å². The highest BCUT2D eigenvalue weighted by Gasteiger charge is 2.08. The Morgan fingerprint density at radius 2 is 1.71 bits per heavy atom. The normalized spacial score (nSPS) is 10.3. The molecule has 0 aliphatic rings. The van der Waals surface area contributed by atoms with E-state index in [1.165, 1.54) is 5.56 Å². The van der Waals surface area contributed by atoms with E-state index in [1.54, 1.807) is 0 Å². The van der Waals surface area contributed by atoms with E-state index >= 15 is 0 Å². The van der Waals surface area contributed by atoms with Gasteiger partial charge in [0, 0.05) is 31.9 Å². The fourth-order valence-electron chi connectivity index (χ4n) is 2.26. The van der Waals surface area contributed by atoms with Gasteiger partial charge in [-0.25, -0.2) is 0 Å². The molecular formula is C18H22N2O. The van der Waals surface area contributed by atoms with Gasteiger partial charge >= 0.3 is 0 Å². The number of benzene rings is 2. The molecule has 1 N–H and O–H groups in total. The van der Waals surface area contributed by atoms with Gasteiger partial charge in [0.25, 0.3) is 5.91 Å². The van der Waals surface area contributed by atoms with Gasteiger partial charge in [-0.15, -0.1) is 0 Å². The topological polar surface area (TPSA) is 32.3 Å². The maximum absolute atomic E-state index is 12.2. The van der Waals surface area contributed by atoms with Gasteiger partial charge in [-0.05, 0) is 43.2 Å². The lowest BCUT2D eigenvalue weighted by Crippen LogP contribution is -2.23. The summed E-state index contributed by atoms with van der Waals surface area (Å²) in [6.07, 6.45) is 0. The van der Waals surface area contributed by atoms with Crippen LogP contribution in [0.4, 0.5) is 5.69 Å². The molecule has 0 saturated heterocycles. The molecule has 0 aliphatic carbocycles. The number of rotatable bonds is 4. The second-order valence-electron chi connectivity index (χ2n) is 5.56. The standard InChI is InChI=1S/C18H22N2O/c1-13-5-10-17(14(2)11-13)18(21)19-12-15-6-8-16(9-7-15)20(3)4/h5-11H,12H2,1-4H3,(H,19,21). The molecule has 3 heteroatoms. The summed E-state index contributed by atoms with van der Waals surface area (Å²) in [5, 5.41) is 2.97. The van der Waals surface area contributed by atoms with Crippen molar-refractivity contribution in [2.75, 3.05) is 19.0 Å². The van der Waals surface area contributed by atoms with E-state index in [4.69, 9.17) is 0 Å². The monoisotopic (exact) mass is 282 g/mol. The van der Waals surface area contributed by atoms with E-state index < -0.39 is 0 Å². The van der Waals surface area contributed by atoms with Crippen LogP contribution in [0.1, 0.15) is 27.0 Å². The molecule has 0 atom stereocenters. The molecule has 3 nitrogen and oxygen atoms in total. The van der Waals surface area contributed by atoms with Crippen molar-refractivity contribution >= 4 is 11.6 Å². The minimum Gasteiger partial charge on any atom is -0.378 e. The summed E-state index contributed by atoms with van der Waals surface area (Å²) >= 11 is 0. The number of anilines is 1. The van der Waals surface area contributed by atoms with Crippen LogP contribution in [0.25, 0.3) is 0 Å². The average Bonchev–Trinajstić information content (AvgIpc) is 2.45. The minimum atomic E-state index is -0.0239. The van der Waals surface area contributed by atoms with E-state index in [9.17, 15) is 4.79 Å². The lowest BCUT2D eigenvalue weighted by atomic mass is 10.1. The van der Waals surface area contributed by atoms with Gasteiger partial charge in [0.15, 0.2) is 0 Å². The number of nitrogens with zero attached hydrogens (tertiary/aromatic N) is 1. The molecule has 0 saturated carbocycles. The Bertz CT molecular complexity index is 630. The number of carbonyl (C=O) groups is 1. The average molecular weight is 282 g/mol. The predicted molar refractivity (Wildman–Crippen MR) is 87.9 cm³/mol. The molecule has 0 spiro atoms. The number of hydrogen-bond donors (Lipinski definition) is 1. The molecule has 2 rings (SSSR count). The molecule has 0 bridgehead atoms. The maximum atomic E-state index is 12.2. The van der Waals surface area contributed by atoms with Crippen molar-refractivity contribution in [1.82, 2.24) is 5.32 Å². The quantitative estimate of drug-likeness (QED) is 0.933. The lowest BCUT2D eigenvalue weighted by Gasteiger charge is -2.13. The first kappa shape index (κ1) is 15.1. The van der Waals surface area contributed by atoms with Crippen molar-refractivity contribution in [3.63, 3.8) is 0 Å². The van der Waals surface area contributed by atoms with E-state index in [0.717, 1.165) is 22.4 Å². The zero-order valence-corrected chi connectivity index (χ0v) is 13.1. The van der Waals surface area contributed by atoms with Crippen molar-refractivity contribution in [2.45, 2.75) is 20.4 Å². The maximum Gasteiger partial charge on any atom is 0.251 e. The summed E-state index contributed by atoms with van der Waals surface area (Å²) in [6, 6.07) is 14.1. The summed E-state index contributed by atoms with van der Waals surface area (Å²) in [5.74, 6) is -0.0239. The van der Waals surface area contributed by atoms with Crippen LogP contribution in [-0.4, -0.2) is 20.0 Å². The van der Waals surface area contributed by atoms with Crippen LogP contribution in [0.15, 0.2) is 42.5 Å². The minimum absolute atomic E-state index is 0.0239. The van der Waals surface area contributed by atoms with Crippen LogP contribution < -0.4 is 10.2 Å². The number of carbonyl (C=O) groups excluding carboxylic acids is 1. The van der Waals surface area contributed by atoms with Crippen LogP contribution in [0.2, 0.25) is 0 Å². The van der Waals surface area contributed by atoms with Crippen LogP contribution in [-0.2, 0) is 6.54 Å². The highest BCUT2D eigenvalue weighted by atomic mass is 16.1. The Hall–Kier alpha value is -2.29. The third-order valence-corrected chi connectivity index (χ3v) is 3.53. The summed E-state index contributed by atoms with van der Waals surface area (Å²) < 4.78 is 0. The third-order valence-electron chi connectivity index (χ3n) is 3.53. The fraction of sp³-hybridized carbons (Fsp3) is 0.278. The first-order chi connectivity index (χ1) is 9.97. The number of amides is 1. The summed E-state index contributed by atoms with van der Waals surface area (Å²) in [7, 11) is 4.02. The van der Waals surface area contributed by atoms with Crippen molar-refractivity contribution in [1.29, 1.82) is 0 Å². The van der Waals surface area contributed by atoms with Crippen molar-refractivity contribution in [3.05, 3.63) is 64.7 Å². The van der Waals surface area contributed by atoms with Gasteiger partial charge in [0.2, 0.25) is 0 Å². The first-order valence-corrected chi connectivity index (χ1v) is 7.09. The molecule has 2 aromatic rings. The number of aryl methyl sites for hydroxylation is 2. The highest BCUT2D eigenvalue weighted by molar-refractivity contribution is 5.95. The zero-order chi connectivity index (χ0) is 15.4. The van der Waals surface area contributed by atoms with E-state index in [2.05, 4.69) is 22.3 Å². The molecule has 0 unspecified atom stereocenters. The Morgan fingerprint density at radius 1 is 1.05 bits per heavy atom. The molecule has 0 aliphatic heterocycles. The van der Waals surface area contributed by atoms with Crippen LogP contribution in [0.3, 0.4) is 0 Å². The van der Waals surface area contributed by atoms with Gasteiger partial charge in [-0.2, -0.15) is 0 Å². The van der Waals surface area contributed by atoms with E-state index in [-0.39, 0.29) is 5.91 Å². The molecule has 0 heterocycles. The molecule has 0 aromatic heterocycles. The zero-order valence-electron chi connectivity index (χ0n) is 13.1. The second-order valence-corrected chi connectivity index (χ2v) is 5.56. The molecular weight excluding hydrogens is 260 g/mol. The van der Waals surface area contributed by atoms with Crippen LogP contribution >= 0.6 is 0 Å². The van der Waals surface area contributed by atoms with Gasteiger partial charge in [0.05, 0.1) is 0 Å². The van der Waals surface area contributed by atoms with Crippen molar-refractivity contribution < 1.29 is 4.79 Å². The SMILES string of the molecule is Cc1ccc(C(=O)NCc2ccc(N(C)C)cc2)c(C)c1. The number of nitrogens with one attached hydrogen (secondary N) is 1. The Morgan fingerprint density at radius 3 is 2.29 bits per heavy atom. The first-order valence-electron chi connectivity index (χ1n) is 7.09. The Labute approximate surface area is 126 Å². The van der Waals surface area contributed by atoms with Crippen molar-refractivity contribution in [3.8, 4) is 0 Å². The van der Waals surface area contributed by atoms with Gasteiger partial charge in [-0.1, -0.05) is 29.8 Å². The Balaban J connectivity index is 2.00. The van der Waals surface area contributed by atoms with Gasteiger partial charge in [0.1, 0.15) is 0 Å². The highest BCUT2D eigenvalue weighted by Crippen LogP contribution is 2.13. The molecule has 1 amide bonds. The molecule has 0 radical (unpaired) electrons. The Kier molecular flexibility index (Phi) is 4.63. The van der Waals surface area contributed by atoms with Gasteiger partial charge < -0.3 is 10.2 Å². The molecule has 110 valence electrons. The summed E-state index contributed by atoms with van der Waals surface area (Å²) in [4.78, 5) is 14.3. The van der Waals surface area contributed by atoms with E-state index in [0.29, 0.717) is 6.54 Å². The van der Waals surface area contributed by atoms with Crippen LogP contribution in [0.5, 0.6) is 0 Å². The smallest absolute Gasteiger partial charge is 0.251 e. The third kappa shape index (κ3) is 3.85. The molecule has 21 heavy (non-hydrogen) atoms. The van der Waals surface area contributed by atoms with E-state index in [1.807, 2.05) is 58.3 Å². The summed E-state index contributed by atoms with van der Waals surface area (Å²) in [5.41, 5.74) is 5.17. The van der Waals surface area contributed by atoms with Gasteiger partial charge in [-0.3, -0.25) is 4.79 Å². The molecule has 2 aromatic carbocycles. The summed E-state index contributed by atoms with van der Waals surface area (Å²) in [6.45, 7) is 4.54. The predicted octanol–water partition coefficient (Wildman–Crippen LogP) is 3.30. The number of hydrogen-bond acceptors (Lipinski definition) is 2. The second kappa shape index (κ2) is 6.44. The fourth-order valence-corrected chi connectivity index (χ4v) is 2.26.